The predicted octanol–water partition coefficient (Wildman–Crippen LogP) is 2.18. The van der Waals surface area contributed by atoms with Crippen LogP contribution in [0.1, 0.15) is 29.8 Å². The molecule has 0 spiro atoms. The Labute approximate surface area is 170 Å². The summed E-state index contributed by atoms with van der Waals surface area (Å²) in [4.78, 5) is 29.5. The van der Waals surface area contributed by atoms with Gasteiger partial charge >= 0.3 is 0 Å². The van der Waals surface area contributed by atoms with E-state index in [2.05, 4.69) is 15.6 Å². The third-order valence-corrected chi connectivity index (χ3v) is 4.32. The first-order chi connectivity index (χ1) is 13.9. The number of amides is 2. The molecule has 0 radical (unpaired) electrons. The molecule has 0 unspecified atom stereocenters. The number of nitrogens with zero attached hydrogens (tertiary/aromatic N) is 1. The number of methoxy groups -OCH3 is 3. The average molecular weight is 401 g/mol. The average Bonchev–Trinajstić information content (AvgIpc) is 2.75. The van der Waals surface area contributed by atoms with Crippen LogP contribution in [0, 0.1) is 5.92 Å². The summed E-state index contributed by atoms with van der Waals surface area (Å²) in [5.41, 5.74) is 1.17. The van der Waals surface area contributed by atoms with E-state index in [1.54, 1.807) is 30.5 Å². The lowest BCUT2D eigenvalue weighted by Crippen LogP contribution is -2.49. The van der Waals surface area contributed by atoms with Gasteiger partial charge in [0.05, 0.1) is 21.3 Å². The smallest absolute Gasteiger partial charge is 0.252 e. The van der Waals surface area contributed by atoms with Gasteiger partial charge in [-0.25, -0.2) is 4.98 Å². The van der Waals surface area contributed by atoms with E-state index in [1.165, 1.54) is 21.3 Å². The third kappa shape index (κ3) is 6.10. The molecule has 2 N–H and O–H groups in total. The molecule has 1 atom stereocenters. The van der Waals surface area contributed by atoms with Crippen LogP contribution >= 0.6 is 0 Å². The van der Waals surface area contributed by atoms with E-state index in [1.807, 2.05) is 19.9 Å². The highest BCUT2D eigenvalue weighted by atomic mass is 16.5. The monoisotopic (exact) mass is 401 g/mol. The predicted molar refractivity (Wildman–Crippen MR) is 108 cm³/mol. The van der Waals surface area contributed by atoms with Gasteiger partial charge in [-0.2, -0.15) is 0 Å². The molecule has 1 aromatic heterocycles. The number of aromatic nitrogens is 1. The quantitative estimate of drug-likeness (QED) is 0.668. The third-order valence-electron chi connectivity index (χ3n) is 4.32. The Hall–Kier alpha value is -3.29. The van der Waals surface area contributed by atoms with Gasteiger partial charge in [-0.1, -0.05) is 19.9 Å². The Bertz CT molecular complexity index is 814. The fourth-order valence-corrected chi connectivity index (χ4v) is 2.63. The Morgan fingerprint density at radius 2 is 1.66 bits per heavy atom. The molecule has 0 bridgehead atoms. The van der Waals surface area contributed by atoms with E-state index >= 15 is 0 Å². The summed E-state index contributed by atoms with van der Waals surface area (Å²) in [6.07, 6.45) is 1.63. The molecule has 0 aliphatic rings. The van der Waals surface area contributed by atoms with Gasteiger partial charge in [0, 0.05) is 30.4 Å². The highest BCUT2D eigenvalue weighted by Crippen LogP contribution is 2.22. The highest BCUT2D eigenvalue weighted by Gasteiger charge is 2.25. The van der Waals surface area contributed by atoms with Gasteiger partial charge in [0.2, 0.25) is 11.8 Å². The van der Waals surface area contributed by atoms with Crippen LogP contribution in [-0.4, -0.2) is 44.2 Å². The van der Waals surface area contributed by atoms with Gasteiger partial charge in [0.25, 0.3) is 5.91 Å². The first-order valence-corrected chi connectivity index (χ1v) is 9.18. The van der Waals surface area contributed by atoms with Crippen LogP contribution in [0.4, 0.5) is 0 Å². The second-order valence-electron chi connectivity index (χ2n) is 6.72. The van der Waals surface area contributed by atoms with E-state index in [0.717, 1.165) is 5.56 Å². The van der Waals surface area contributed by atoms with Crippen molar-refractivity contribution in [3.8, 4) is 17.4 Å². The first-order valence-electron chi connectivity index (χ1n) is 9.18. The van der Waals surface area contributed by atoms with Gasteiger partial charge in [0.1, 0.15) is 17.5 Å². The summed E-state index contributed by atoms with van der Waals surface area (Å²) in [5, 5.41) is 5.63. The molecule has 8 nitrogen and oxygen atoms in total. The number of hydrogen-bond donors (Lipinski definition) is 2. The van der Waals surface area contributed by atoms with Crippen LogP contribution in [-0.2, 0) is 11.3 Å². The summed E-state index contributed by atoms with van der Waals surface area (Å²) in [6, 6.07) is 7.70. The molecule has 2 amide bonds. The van der Waals surface area contributed by atoms with E-state index in [9.17, 15) is 9.59 Å². The largest absolute Gasteiger partial charge is 0.497 e. The standard InChI is InChI=1S/C21H27N3O5/c1-13(2)19(21(26)23-12-14-6-7-18(29-5)22-11-14)24-20(25)15-8-16(27-3)10-17(9-15)28-4/h6-11,13,19H,12H2,1-5H3,(H,23,26)(H,24,25)/t19-/m1/s1. The minimum Gasteiger partial charge on any atom is -0.497 e. The molecule has 1 heterocycles. The minimum absolute atomic E-state index is 0.111. The van der Waals surface area contributed by atoms with Crippen LogP contribution in [0.5, 0.6) is 17.4 Å². The van der Waals surface area contributed by atoms with Crippen LogP contribution in [0.25, 0.3) is 0 Å². The highest BCUT2D eigenvalue weighted by molar-refractivity contribution is 5.98. The molecule has 156 valence electrons. The summed E-state index contributed by atoms with van der Waals surface area (Å²) in [6.45, 7) is 4.03. The molecule has 0 saturated heterocycles. The molecular formula is C21H27N3O5. The van der Waals surface area contributed by atoms with Gasteiger partial charge in [-0.15, -0.1) is 0 Å². The zero-order valence-electron chi connectivity index (χ0n) is 17.3. The molecule has 2 rings (SSSR count). The summed E-state index contributed by atoms with van der Waals surface area (Å²) < 4.78 is 15.4. The van der Waals surface area contributed by atoms with Gasteiger partial charge in [0.15, 0.2) is 0 Å². The van der Waals surface area contributed by atoms with Crippen LogP contribution in [0.15, 0.2) is 36.5 Å². The second kappa shape index (κ2) is 10.3. The zero-order valence-corrected chi connectivity index (χ0v) is 17.3. The number of ether oxygens (including phenoxy) is 3. The fraction of sp³-hybridized carbons (Fsp3) is 0.381. The van der Waals surface area contributed by atoms with Crippen LogP contribution in [0.2, 0.25) is 0 Å². The Balaban J connectivity index is 2.06. The number of carbonyl (C=O) groups is 2. The van der Waals surface area contributed by atoms with Gasteiger partial charge in [-0.05, 0) is 23.6 Å². The number of carbonyl (C=O) groups excluding carboxylic acids is 2. The molecule has 1 aromatic carbocycles. The molecule has 29 heavy (non-hydrogen) atoms. The number of pyridine rings is 1. The van der Waals surface area contributed by atoms with Crippen molar-refractivity contribution in [2.45, 2.75) is 26.4 Å². The van der Waals surface area contributed by atoms with Crippen LogP contribution in [0.3, 0.4) is 0 Å². The van der Waals surface area contributed by atoms with Crippen molar-refractivity contribution < 1.29 is 23.8 Å². The molecule has 0 aliphatic carbocycles. The van der Waals surface area contributed by atoms with Crippen molar-refractivity contribution >= 4 is 11.8 Å². The van der Waals surface area contributed by atoms with E-state index in [4.69, 9.17) is 14.2 Å². The molecule has 0 fully saturated rings. The molecule has 2 aromatic rings. The van der Waals surface area contributed by atoms with E-state index in [0.29, 0.717) is 29.5 Å². The lowest BCUT2D eigenvalue weighted by atomic mass is 10.0. The lowest BCUT2D eigenvalue weighted by molar-refractivity contribution is -0.124. The fourth-order valence-electron chi connectivity index (χ4n) is 2.63. The molecular weight excluding hydrogens is 374 g/mol. The van der Waals surface area contributed by atoms with Crippen molar-refractivity contribution in [2.75, 3.05) is 21.3 Å². The Kier molecular flexibility index (Phi) is 7.82. The second-order valence-corrected chi connectivity index (χ2v) is 6.72. The maximum Gasteiger partial charge on any atom is 0.252 e. The number of benzene rings is 1. The first kappa shape index (κ1) is 22.0. The minimum atomic E-state index is -0.703. The summed E-state index contributed by atoms with van der Waals surface area (Å²) >= 11 is 0. The van der Waals surface area contributed by atoms with Crippen molar-refractivity contribution in [1.82, 2.24) is 15.6 Å². The zero-order chi connectivity index (χ0) is 21.4. The van der Waals surface area contributed by atoms with Crippen molar-refractivity contribution in [3.05, 3.63) is 47.7 Å². The molecule has 0 aliphatic heterocycles. The van der Waals surface area contributed by atoms with Crippen molar-refractivity contribution in [3.63, 3.8) is 0 Å². The SMILES string of the molecule is COc1cc(OC)cc(C(=O)N[C@@H](C(=O)NCc2ccc(OC)nc2)C(C)C)c1. The van der Waals surface area contributed by atoms with Gasteiger partial charge in [-0.3, -0.25) is 9.59 Å². The Morgan fingerprint density at radius 1 is 1.00 bits per heavy atom. The number of hydrogen-bond acceptors (Lipinski definition) is 6. The lowest BCUT2D eigenvalue weighted by Gasteiger charge is -2.22. The topological polar surface area (TPSA) is 98.8 Å². The Morgan fingerprint density at radius 3 is 2.14 bits per heavy atom. The molecule has 8 heteroatoms. The van der Waals surface area contributed by atoms with Crippen LogP contribution < -0.4 is 24.8 Å². The van der Waals surface area contributed by atoms with E-state index in [-0.39, 0.29) is 17.7 Å². The summed E-state index contributed by atoms with van der Waals surface area (Å²) in [7, 11) is 4.56. The van der Waals surface area contributed by atoms with Crippen molar-refractivity contribution in [2.24, 2.45) is 5.92 Å². The normalized spacial score (nSPS) is 11.5. The van der Waals surface area contributed by atoms with E-state index < -0.39 is 6.04 Å². The maximum absolute atomic E-state index is 12.7. The van der Waals surface area contributed by atoms with Crippen molar-refractivity contribution in [1.29, 1.82) is 0 Å². The number of nitrogens with one attached hydrogen (secondary N) is 2. The maximum atomic E-state index is 12.7. The summed E-state index contributed by atoms with van der Waals surface area (Å²) in [5.74, 6) is 0.710. The molecule has 0 saturated carbocycles. The van der Waals surface area contributed by atoms with Gasteiger partial charge < -0.3 is 24.8 Å². The number of rotatable bonds is 9.